The third kappa shape index (κ3) is 3.23. The van der Waals surface area contributed by atoms with Crippen LogP contribution in [0.25, 0.3) is 0 Å². The number of rotatable bonds is 4. The fourth-order valence-corrected chi connectivity index (χ4v) is 2.06. The molecule has 0 radical (unpaired) electrons. The lowest BCUT2D eigenvalue weighted by Gasteiger charge is -2.11. The van der Waals surface area contributed by atoms with Gasteiger partial charge in [-0.05, 0) is 37.3 Å². The van der Waals surface area contributed by atoms with Crippen molar-refractivity contribution in [1.29, 1.82) is 0 Å². The molecule has 1 N–H and O–H groups in total. The highest BCUT2D eigenvalue weighted by Crippen LogP contribution is 2.28. The summed E-state index contributed by atoms with van der Waals surface area (Å²) in [7, 11) is 1.67. The summed E-state index contributed by atoms with van der Waals surface area (Å²) in [5.41, 5.74) is 2.99. The summed E-state index contributed by atoms with van der Waals surface area (Å²) in [6, 6.07) is 11.9. The lowest BCUT2D eigenvalue weighted by molar-refractivity contribution is 0.416. The van der Waals surface area contributed by atoms with E-state index in [0.717, 1.165) is 27.3 Å². The van der Waals surface area contributed by atoms with Gasteiger partial charge in [0.05, 0.1) is 25.0 Å². The minimum absolute atomic E-state index is 0.675. The number of benzene rings is 1. The summed E-state index contributed by atoms with van der Waals surface area (Å²) in [6.45, 7) is 2.66. The van der Waals surface area contributed by atoms with Crippen LogP contribution >= 0.6 is 15.9 Å². The van der Waals surface area contributed by atoms with Gasteiger partial charge in [-0.2, -0.15) is 0 Å². The van der Waals surface area contributed by atoms with E-state index in [1.807, 2.05) is 43.3 Å². The lowest BCUT2D eigenvalue weighted by atomic mass is 10.2. The summed E-state index contributed by atoms with van der Waals surface area (Å²) < 4.78 is 6.33. The van der Waals surface area contributed by atoms with Crippen LogP contribution < -0.4 is 10.1 Å². The Balaban J connectivity index is 2.12. The molecule has 0 amide bonds. The predicted molar refractivity (Wildman–Crippen MR) is 77.0 cm³/mol. The Kier molecular flexibility index (Phi) is 4.20. The normalized spacial score (nSPS) is 10.2. The quantitative estimate of drug-likeness (QED) is 0.933. The monoisotopic (exact) mass is 306 g/mol. The molecule has 0 atom stereocenters. The van der Waals surface area contributed by atoms with Crippen molar-refractivity contribution >= 4 is 21.6 Å². The maximum atomic E-state index is 5.31. The van der Waals surface area contributed by atoms with E-state index in [-0.39, 0.29) is 0 Å². The van der Waals surface area contributed by atoms with Crippen LogP contribution in [0.2, 0.25) is 0 Å². The molecule has 0 aliphatic heterocycles. The van der Waals surface area contributed by atoms with Gasteiger partial charge in [0, 0.05) is 10.2 Å². The van der Waals surface area contributed by atoms with Gasteiger partial charge in [-0.15, -0.1) is 0 Å². The first kappa shape index (κ1) is 12.9. The maximum Gasteiger partial charge on any atom is 0.142 e. The average Bonchev–Trinajstić information content (AvgIpc) is 2.37. The number of anilines is 1. The van der Waals surface area contributed by atoms with Crippen molar-refractivity contribution in [2.75, 3.05) is 12.4 Å². The van der Waals surface area contributed by atoms with Gasteiger partial charge in [0.1, 0.15) is 5.75 Å². The largest absolute Gasteiger partial charge is 0.495 e. The molecule has 2 aromatic rings. The first-order valence-electron chi connectivity index (χ1n) is 5.69. The summed E-state index contributed by atoms with van der Waals surface area (Å²) in [6.07, 6.45) is 0. The van der Waals surface area contributed by atoms with E-state index in [9.17, 15) is 0 Å². The van der Waals surface area contributed by atoms with Crippen LogP contribution in [-0.2, 0) is 6.54 Å². The highest BCUT2D eigenvalue weighted by Gasteiger charge is 2.03. The molecule has 0 unspecified atom stereocenters. The van der Waals surface area contributed by atoms with E-state index in [2.05, 4.69) is 26.2 Å². The molecule has 1 aromatic heterocycles. The summed E-state index contributed by atoms with van der Waals surface area (Å²) in [5.74, 6) is 0.825. The first-order chi connectivity index (χ1) is 8.69. The van der Waals surface area contributed by atoms with Gasteiger partial charge >= 0.3 is 0 Å². The topological polar surface area (TPSA) is 34.1 Å². The standard InChI is InChI=1S/C14H15BrN2O/c1-10-4-3-5-12(17-10)9-16-13-8-11(15)6-7-14(13)18-2/h3-8,16H,9H2,1-2H3. The molecule has 0 aliphatic carbocycles. The number of hydrogen-bond donors (Lipinski definition) is 1. The number of aromatic nitrogens is 1. The molecule has 3 nitrogen and oxygen atoms in total. The third-order valence-electron chi connectivity index (χ3n) is 2.57. The van der Waals surface area contributed by atoms with Crippen LogP contribution in [-0.4, -0.2) is 12.1 Å². The zero-order valence-corrected chi connectivity index (χ0v) is 12.0. The second-order valence-electron chi connectivity index (χ2n) is 3.97. The zero-order chi connectivity index (χ0) is 13.0. The van der Waals surface area contributed by atoms with E-state index >= 15 is 0 Å². The number of aryl methyl sites for hydroxylation is 1. The molecular weight excluding hydrogens is 292 g/mol. The van der Waals surface area contributed by atoms with Gasteiger partial charge in [-0.25, -0.2) is 0 Å². The number of pyridine rings is 1. The van der Waals surface area contributed by atoms with E-state index in [4.69, 9.17) is 4.74 Å². The molecule has 1 heterocycles. The Labute approximate surface area is 115 Å². The van der Waals surface area contributed by atoms with Crippen LogP contribution in [0.5, 0.6) is 5.75 Å². The molecule has 94 valence electrons. The Bertz CT molecular complexity index is 543. The van der Waals surface area contributed by atoms with E-state index < -0.39 is 0 Å². The second-order valence-corrected chi connectivity index (χ2v) is 4.88. The van der Waals surface area contributed by atoms with Gasteiger partial charge in [0.25, 0.3) is 0 Å². The summed E-state index contributed by atoms with van der Waals surface area (Å²) in [4.78, 5) is 4.45. The van der Waals surface area contributed by atoms with Crippen molar-refractivity contribution in [3.63, 3.8) is 0 Å². The van der Waals surface area contributed by atoms with Crippen molar-refractivity contribution in [1.82, 2.24) is 4.98 Å². The highest BCUT2D eigenvalue weighted by molar-refractivity contribution is 9.10. The Hall–Kier alpha value is -1.55. The summed E-state index contributed by atoms with van der Waals surface area (Å²) in [5, 5.41) is 3.33. The molecule has 0 saturated carbocycles. The first-order valence-corrected chi connectivity index (χ1v) is 6.48. The molecule has 1 aromatic carbocycles. The molecule has 2 rings (SSSR count). The van der Waals surface area contributed by atoms with Crippen molar-refractivity contribution in [2.45, 2.75) is 13.5 Å². The number of nitrogens with zero attached hydrogens (tertiary/aromatic N) is 1. The molecule has 0 fully saturated rings. The van der Waals surface area contributed by atoms with E-state index in [0.29, 0.717) is 6.54 Å². The Morgan fingerprint density at radius 2 is 2.11 bits per heavy atom. The van der Waals surface area contributed by atoms with Crippen LogP contribution in [0, 0.1) is 6.92 Å². The van der Waals surface area contributed by atoms with Crippen LogP contribution in [0.3, 0.4) is 0 Å². The molecule has 0 saturated heterocycles. The number of methoxy groups -OCH3 is 1. The smallest absolute Gasteiger partial charge is 0.142 e. The molecule has 0 spiro atoms. The fourth-order valence-electron chi connectivity index (χ4n) is 1.70. The van der Waals surface area contributed by atoms with Crippen molar-refractivity contribution in [3.05, 3.63) is 52.3 Å². The Morgan fingerprint density at radius 1 is 1.28 bits per heavy atom. The van der Waals surface area contributed by atoms with Gasteiger partial charge < -0.3 is 10.1 Å². The predicted octanol–water partition coefficient (Wildman–Crippen LogP) is 3.77. The van der Waals surface area contributed by atoms with Crippen molar-refractivity contribution in [3.8, 4) is 5.75 Å². The molecule has 0 bridgehead atoms. The Morgan fingerprint density at radius 3 is 2.83 bits per heavy atom. The second kappa shape index (κ2) is 5.87. The van der Waals surface area contributed by atoms with Gasteiger partial charge in [0.2, 0.25) is 0 Å². The zero-order valence-electron chi connectivity index (χ0n) is 10.4. The average molecular weight is 307 g/mol. The minimum atomic E-state index is 0.675. The van der Waals surface area contributed by atoms with Crippen LogP contribution in [0.1, 0.15) is 11.4 Å². The van der Waals surface area contributed by atoms with Crippen molar-refractivity contribution in [2.24, 2.45) is 0 Å². The number of ether oxygens (including phenoxy) is 1. The molecular formula is C14H15BrN2O. The molecule has 4 heteroatoms. The SMILES string of the molecule is COc1ccc(Br)cc1NCc1cccc(C)n1. The highest BCUT2D eigenvalue weighted by atomic mass is 79.9. The van der Waals surface area contributed by atoms with E-state index in [1.54, 1.807) is 7.11 Å². The lowest BCUT2D eigenvalue weighted by Crippen LogP contribution is -2.03. The summed E-state index contributed by atoms with van der Waals surface area (Å²) >= 11 is 3.45. The number of nitrogens with one attached hydrogen (secondary N) is 1. The van der Waals surface area contributed by atoms with Gasteiger partial charge in [-0.1, -0.05) is 22.0 Å². The maximum absolute atomic E-state index is 5.31. The van der Waals surface area contributed by atoms with E-state index in [1.165, 1.54) is 0 Å². The number of hydrogen-bond acceptors (Lipinski definition) is 3. The van der Waals surface area contributed by atoms with Gasteiger partial charge in [0.15, 0.2) is 0 Å². The number of halogens is 1. The third-order valence-corrected chi connectivity index (χ3v) is 3.06. The minimum Gasteiger partial charge on any atom is -0.495 e. The van der Waals surface area contributed by atoms with Crippen molar-refractivity contribution < 1.29 is 4.74 Å². The van der Waals surface area contributed by atoms with Crippen LogP contribution in [0.4, 0.5) is 5.69 Å². The molecule has 0 aliphatic rings. The van der Waals surface area contributed by atoms with Gasteiger partial charge in [-0.3, -0.25) is 4.98 Å². The molecule has 18 heavy (non-hydrogen) atoms. The van der Waals surface area contributed by atoms with Crippen LogP contribution in [0.15, 0.2) is 40.9 Å². The fraction of sp³-hybridized carbons (Fsp3) is 0.214.